The molecule has 0 unspecified atom stereocenters. The van der Waals surface area contributed by atoms with Crippen LogP contribution in [0.2, 0.25) is 0 Å². The molecule has 26 heavy (non-hydrogen) atoms. The molecule has 0 saturated heterocycles. The van der Waals surface area contributed by atoms with Gasteiger partial charge in [-0.25, -0.2) is 4.99 Å². The number of amidine groups is 1. The Kier molecular flexibility index (Phi) is 8.22. The number of thioether (sulfide) groups is 1. The molecule has 0 bridgehead atoms. The number of nitrogens with zero attached hydrogens (tertiary/aromatic N) is 3. The van der Waals surface area contributed by atoms with E-state index >= 15 is 0 Å². The Morgan fingerprint density at radius 2 is 2.31 bits per heavy atom. The molecule has 0 aromatic heterocycles. The van der Waals surface area contributed by atoms with Crippen LogP contribution in [0, 0.1) is 0 Å². The van der Waals surface area contributed by atoms with Gasteiger partial charge in [0.25, 0.3) is 0 Å². The number of alkyl halides is 1. The van der Waals surface area contributed by atoms with Crippen LogP contribution in [-0.2, 0) is 0 Å². The summed E-state index contributed by atoms with van der Waals surface area (Å²) in [4.78, 5) is 14.9. The van der Waals surface area contributed by atoms with Gasteiger partial charge >= 0.3 is 0 Å². The maximum Gasteiger partial charge on any atom is 0.134 e. The third-order valence-corrected chi connectivity index (χ3v) is 5.31. The Balaban J connectivity index is 2.07. The van der Waals surface area contributed by atoms with Crippen molar-refractivity contribution in [2.75, 3.05) is 19.0 Å². The van der Waals surface area contributed by atoms with Gasteiger partial charge in [0.1, 0.15) is 11.7 Å². The quantitative estimate of drug-likeness (QED) is 0.490. The third-order valence-electron chi connectivity index (χ3n) is 3.33. The van der Waals surface area contributed by atoms with Crippen molar-refractivity contribution < 1.29 is 0 Å². The smallest absolute Gasteiger partial charge is 0.134 e. The normalized spacial score (nSPS) is 18.4. The Morgan fingerprint density at radius 1 is 1.50 bits per heavy atom. The Morgan fingerprint density at radius 3 is 2.96 bits per heavy atom. The average Bonchev–Trinajstić information content (AvgIpc) is 2.81. The standard InChI is InChI=1S/C18H21Cl2N5S/c1-3-16(26-14-4-6-22-7-5-14)15(20)8-12(2)24-18-9-13(10-19)23-11-17(21)25-18/h3-4,6,8-9,24H,2,5,7,10-11H2,1H3,(H2,21,25)/b15-8+,16-3+. The molecule has 138 valence electrons. The van der Waals surface area contributed by atoms with E-state index in [2.05, 4.69) is 26.9 Å². The van der Waals surface area contributed by atoms with E-state index in [1.54, 1.807) is 23.9 Å². The summed E-state index contributed by atoms with van der Waals surface area (Å²) in [5.41, 5.74) is 7.11. The maximum absolute atomic E-state index is 6.48. The first kappa shape index (κ1) is 20.6. The van der Waals surface area contributed by atoms with Crippen LogP contribution in [0.4, 0.5) is 0 Å². The molecule has 2 heterocycles. The summed E-state index contributed by atoms with van der Waals surface area (Å²) in [6.45, 7) is 7.08. The average molecular weight is 410 g/mol. The van der Waals surface area contributed by atoms with Gasteiger partial charge in [-0.3, -0.25) is 9.98 Å². The first-order valence-electron chi connectivity index (χ1n) is 8.02. The summed E-state index contributed by atoms with van der Waals surface area (Å²) < 4.78 is 0. The Hall–Kier alpha value is -1.76. The van der Waals surface area contributed by atoms with Crippen LogP contribution in [-0.4, -0.2) is 36.7 Å². The van der Waals surface area contributed by atoms with Crippen molar-refractivity contribution in [1.29, 1.82) is 0 Å². The molecule has 0 fully saturated rings. The highest BCUT2D eigenvalue weighted by Gasteiger charge is 2.10. The van der Waals surface area contributed by atoms with Crippen LogP contribution in [0.25, 0.3) is 0 Å². The minimum absolute atomic E-state index is 0.287. The molecule has 0 aromatic carbocycles. The number of hydrogen-bond acceptors (Lipinski definition) is 6. The fourth-order valence-electron chi connectivity index (χ4n) is 2.12. The first-order chi connectivity index (χ1) is 12.5. The van der Waals surface area contributed by atoms with Crippen molar-refractivity contribution in [3.8, 4) is 0 Å². The zero-order valence-electron chi connectivity index (χ0n) is 14.5. The highest BCUT2D eigenvalue weighted by atomic mass is 35.5. The molecular weight excluding hydrogens is 389 g/mol. The van der Waals surface area contributed by atoms with E-state index in [0.29, 0.717) is 34.6 Å². The number of halogens is 2. The van der Waals surface area contributed by atoms with Crippen molar-refractivity contribution in [1.82, 2.24) is 5.32 Å². The lowest BCUT2D eigenvalue weighted by atomic mass is 10.3. The zero-order valence-corrected chi connectivity index (χ0v) is 16.8. The maximum atomic E-state index is 6.48. The summed E-state index contributed by atoms with van der Waals surface area (Å²) in [6, 6.07) is 0. The summed E-state index contributed by atoms with van der Waals surface area (Å²) in [7, 11) is 0. The van der Waals surface area contributed by atoms with Crippen LogP contribution in [0.1, 0.15) is 13.3 Å². The molecule has 0 aromatic rings. The van der Waals surface area contributed by atoms with Gasteiger partial charge in [-0.1, -0.05) is 36.0 Å². The lowest BCUT2D eigenvalue weighted by molar-refractivity contribution is 0.983. The second-order valence-electron chi connectivity index (χ2n) is 5.41. The lowest BCUT2D eigenvalue weighted by Gasteiger charge is -2.12. The van der Waals surface area contributed by atoms with E-state index in [1.165, 1.54) is 4.91 Å². The molecule has 2 aliphatic rings. The molecule has 0 atom stereocenters. The van der Waals surface area contributed by atoms with Gasteiger partial charge in [0, 0.05) is 29.4 Å². The van der Waals surface area contributed by atoms with Crippen molar-refractivity contribution in [3.05, 3.63) is 57.2 Å². The molecule has 2 aliphatic heterocycles. The number of hydrogen-bond donors (Lipinski definition) is 2. The van der Waals surface area contributed by atoms with Gasteiger partial charge in [-0.05, 0) is 30.4 Å². The molecule has 0 aliphatic carbocycles. The lowest BCUT2D eigenvalue weighted by Crippen LogP contribution is -2.18. The number of aliphatic imine (C=N–C) groups is 3. The van der Waals surface area contributed by atoms with Crippen LogP contribution >= 0.6 is 35.0 Å². The van der Waals surface area contributed by atoms with Gasteiger partial charge in [0.05, 0.1) is 23.2 Å². The molecule has 5 nitrogen and oxygen atoms in total. The SMILES string of the molecule is C=C(/C=C(Cl)\C(=C/C)SC1=CC=NCC1)NC1=CC(CCl)=NCC(N)=N1. The minimum Gasteiger partial charge on any atom is -0.386 e. The minimum atomic E-state index is 0.287. The summed E-state index contributed by atoms with van der Waals surface area (Å²) >= 11 is 14.0. The van der Waals surface area contributed by atoms with Gasteiger partial charge < -0.3 is 11.1 Å². The molecule has 2 rings (SSSR count). The zero-order chi connectivity index (χ0) is 18.9. The van der Waals surface area contributed by atoms with Gasteiger partial charge in [0.15, 0.2) is 0 Å². The summed E-state index contributed by atoms with van der Waals surface area (Å²) in [6.07, 6.45) is 10.2. The van der Waals surface area contributed by atoms with E-state index < -0.39 is 0 Å². The Bertz CT molecular complexity index is 772. The van der Waals surface area contributed by atoms with E-state index in [9.17, 15) is 0 Å². The second-order valence-corrected chi connectivity index (χ2v) is 7.25. The number of nitrogens with one attached hydrogen (secondary N) is 1. The van der Waals surface area contributed by atoms with Crippen molar-refractivity contribution >= 4 is 52.7 Å². The largest absolute Gasteiger partial charge is 0.386 e. The van der Waals surface area contributed by atoms with Gasteiger partial charge in [0.2, 0.25) is 0 Å². The summed E-state index contributed by atoms with van der Waals surface area (Å²) in [5.74, 6) is 1.22. The van der Waals surface area contributed by atoms with E-state index in [-0.39, 0.29) is 5.88 Å². The molecular formula is C18H21Cl2N5S. The highest BCUT2D eigenvalue weighted by Crippen LogP contribution is 2.35. The van der Waals surface area contributed by atoms with Crippen molar-refractivity contribution in [3.63, 3.8) is 0 Å². The number of rotatable bonds is 7. The Labute approximate surface area is 168 Å². The van der Waals surface area contributed by atoms with Crippen LogP contribution in [0.5, 0.6) is 0 Å². The highest BCUT2D eigenvalue weighted by molar-refractivity contribution is 8.07. The monoisotopic (exact) mass is 409 g/mol. The van der Waals surface area contributed by atoms with E-state index in [4.69, 9.17) is 28.9 Å². The van der Waals surface area contributed by atoms with Crippen LogP contribution in [0.15, 0.2) is 72.2 Å². The first-order valence-corrected chi connectivity index (χ1v) is 9.75. The number of dihydropyridines is 1. The fourth-order valence-corrected chi connectivity index (χ4v) is 3.52. The molecule has 0 saturated carbocycles. The van der Waals surface area contributed by atoms with Crippen LogP contribution < -0.4 is 11.1 Å². The number of nitrogens with two attached hydrogens (primary N) is 1. The van der Waals surface area contributed by atoms with Gasteiger partial charge in [-0.2, -0.15) is 0 Å². The fraction of sp³-hybridized carbons (Fsp3) is 0.278. The molecule has 0 amide bonds. The molecule has 8 heteroatoms. The third kappa shape index (κ3) is 6.52. The second kappa shape index (κ2) is 10.4. The van der Waals surface area contributed by atoms with Crippen molar-refractivity contribution in [2.24, 2.45) is 20.7 Å². The van der Waals surface area contributed by atoms with Crippen LogP contribution in [0.3, 0.4) is 0 Å². The number of allylic oxidation sites excluding steroid dienone is 5. The van der Waals surface area contributed by atoms with Gasteiger partial charge in [-0.15, -0.1) is 11.6 Å². The molecule has 0 radical (unpaired) electrons. The predicted octanol–water partition coefficient (Wildman–Crippen LogP) is 4.10. The van der Waals surface area contributed by atoms with Crippen molar-refractivity contribution in [2.45, 2.75) is 13.3 Å². The summed E-state index contributed by atoms with van der Waals surface area (Å²) in [5, 5.41) is 3.69. The molecule has 3 N–H and O–H groups in total. The topological polar surface area (TPSA) is 75.1 Å². The van der Waals surface area contributed by atoms with E-state index in [0.717, 1.165) is 17.9 Å². The molecule has 0 spiro atoms. The van der Waals surface area contributed by atoms with E-state index in [1.807, 2.05) is 25.3 Å². The predicted molar refractivity (Wildman–Crippen MR) is 116 cm³/mol.